The van der Waals surface area contributed by atoms with E-state index in [1.165, 1.54) is 28.5 Å². The maximum atomic E-state index is 6.33. The summed E-state index contributed by atoms with van der Waals surface area (Å²) < 4.78 is 1.37. The monoisotopic (exact) mass is 247 g/mol. The van der Waals surface area contributed by atoms with Gasteiger partial charge in [0.15, 0.2) is 0 Å². The SMILES string of the molecule is CCC(CC)C(N)Cc1csc2ccccc12. The molecular weight excluding hydrogens is 226 g/mol. The van der Waals surface area contributed by atoms with Gasteiger partial charge in [-0.3, -0.25) is 0 Å². The fraction of sp³-hybridized carbons (Fsp3) is 0.467. The zero-order chi connectivity index (χ0) is 12.3. The minimum absolute atomic E-state index is 0.294. The first-order valence-corrected chi connectivity index (χ1v) is 7.34. The summed E-state index contributed by atoms with van der Waals surface area (Å²) in [6, 6.07) is 8.90. The predicted octanol–water partition coefficient (Wildman–Crippen LogP) is 4.21. The highest BCUT2D eigenvalue weighted by Crippen LogP contribution is 2.27. The Hall–Kier alpha value is -0.860. The smallest absolute Gasteiger partial charge is 0.0345 e. The van der Waals surface area contributed by atoms with E-state index in [-0.39, 0.29) is 0 Å². The zero-order valence-electron chi connectivity index (χ0n) is 10.6. The van der Waals surface area contributed by atoms with Gasteiger partial charge in [0.05, 0.1) is 0 Å². The van der Waals surface area contributed by atoms with Crippen LogP contribution in [0.2, 0.25) is 0 Å². The van der Waals surface area contributed by atoms with Gasteiger partial charge in [-0.2, -0.15) is 0 Å². The molecule has 17 heavy (non-hydrogen) atoms. The average molecular weight is 247 g/mol. The Morgan fingerprint density at radius 1 is 1.18 bits per heavy atom. The molecule has 1 aromatic carbocycles. The van der Waals surface area contributed by atoms with Crippen molar-refractivity contribution in [3.05, 3.63) is 35.2 Å². The van der Waals surface area contributed by atoms with Crippen LogP contribution in [0.25, 0.3) is 10.1 Å². The fourth-order valence-corrected chi connectivity index (χ4v) is 3.48. The maximum absolute atomic E-state index is 6.33. The molecule has 0 spiro atoms. The van der Waals surface area contributed by atoms with Gasteiger partial charge in [0.25, 0.3) is 0 Å². The molecule has 0 aliphatic rings. The van der Waals surface area contributed by atoms with E-state index in [4.69, 9.17) is 5.73 Å². The van der Waals surface area contributed by atoms with Crippen LogP contribution in [0.5, 0.6) is 0 Å². The van der Waals surface area contributed by atoms with Crippen LogP contribution in [0.15, 0.2) is 29.6 Å². The van der Waals surface area contributed by atoms with E-state index in [0.717, 1.165) is 6.42 Å². The topological polar surface area (TPSA) is 26.0 Å². The Bertz CT molecular complexity index is 470. The van der Waals surface area contributed by atoms with Crippen LogP contribution in [-0.2, 0) is 6.42 Å². The summed E-state index contributed by atoms with van der Waals surface area (Å²) in [4.78, 5) is 0. The highest BCUT2D eigenvalue weighted by atomic mass is 32.1. The Morgan fingerprint density at radius 2 is 1.88 bits per heavy atom. The van der Waals surface area contributed by atoms with Gasteiger partial charge in [-0.1, -0.05) is 44.9 Å². The van der Waals surface area contributed by atoms with Crippen LogP contribution < -0.4 is 5.73 Å². The van der Waals surface area contributed by atoms with E-state index < -0.39 is 0 Å². The first-order chi connectivity index (χ1) is 8.26. The number of thiophene rings is 1. The van der Waals surface area contributed by atoms with Crippen molar-refractivity contribution in [1.29, 1.82) is 0 Å². The third-order valence-corrected chi connectivity index (χ3v) is 4.68. The minimum atomic E-state index is 0.294. The Kier molecular flexibility index (Phi) is 4.19. The standard InChI is InChI=1S/C15H21NS/c1-3-11(4-2)14(16)9-12-10-17-15-8-6-5-7-13(12)15/h5-8,10-11,14H,3-4,9,16H2,1-2H3. The Labute approximate surface area is 108 Å². The lowest BCUT2D eigenvalue weighted by Crippen LogP contribution is -2.31. The first kappa shape index (κ1) is 12.6. The third-order valence-electron chi connectivity index (χ3n) is 3.67. The number of hydrogen-bond acceptors (Lipinski definition) is 2. The molecule has 0 saturated carbocycles. The number of benzene rings is 1. The second-order valence-electron chi connectivity index (χ2n) is 4.70. The fourth-order valence-electron chi connectivity index (χ4n) is 2.51. The molecule has 92 valence electrons. The molecule has 0 aliphatic heterocycles. The zero-order valence-corrected chi connectivity index (χ0v) is 11.5. The highest BCUT2D eigenvalue weighted by molar-refractivity contribution is 7.17. The van der Waals surface area contributed by atoms with Crippen molar-refractivity contribution in [2.45, 2.75) is 39.2 Å². The van der Waals surface area contributed by atoms with Crippen LogP contribution in [0, 0.1) is 5.92 Å². The van der Waals surface area contributed by atoms with Crippen molar-refractivity contribution < 1.29 is 0 Å². The van der Waals surface area contributed by atoms with Gasteiger partial charge in [0, 0.05) is 10.7 Å². The number of rotatable bonds is 5. The van der Waals surface area contributed by atoms with Gasteiger partial charge in [-0.05, 0) is 34.7 Å². The molecule has 0 bridgehead atoms. The summed E-state index contributed by atoms with van der Waals surface area (Å²) in [5.41, 5.74) is 7.75. The van der Waals surface area contributed by atoms with Crippen molar-refractivity contribution in [3.63, 3.8) is 0 Å². The van der Waals surface area contributed by atoms with E-state index in [9.17, 15) is 0 Å². The lowest BCUT2D eigenvalue weighted by Gasteiger charge is -2.20. The van der Waals surface area contributed by atoms with E-state index in [1.807, 2.05) is 11.3 Å². The summed E-state index contributed by atoms with van der Waals surface area (Å²) in [6.45, 7) is 4.47. The van der Waals surface area contributed by atoms with Crippen molar-refractivity contribution in [1.82, 2.24) is 0 Å². The van der Waals surface area contributed by atoms with Crippen LogP contribution in [-0.4, -0.2) is 6.04 Å². The largest absolute Gasteiger partial charge is 0.327 e. The van der Waals surface area contributed by atoms with E-state index in [2.05, 4.69) is 43.5 Å². The predicted molar refractivity (Wildman–Crippen MR) is 77.6 cm³/mol. The number of nitrogens with two attached hydrogens (primary N) is 1. The molecule has 0 aliphatic carbocycles. The molecule has 1 unspecified atom stereocenters. The van der Waals surface area contributed by atoms with E-state index in [0.29, 0.717) is 12.0 Å². The molecule has 1 atom stereocenters. The number of fused-ring (bicyclic) bond motifs is 1. The molecule has 1 aromatic heterocycles. The summed E-state index contributed by atoms with van der Waals surface area (Å²) in [7, 11) is 0. The Morgan fingerprint density at radius 3 is 2.59 bits per heavy atom. The normalized spacial score (nSPS) is 13.4. The molecule has 0 radical (unpaired) electrons. The van der Waals surface area contributed by atoms with Gasteiger partial charge >= 0.3 is 0 Å². The summed E-state index contributed by atoms with van der Waals surface area (Å²) >= 11 is 1.83. The van der Waals surface area contributed by atoms with Gasteiger partial charge < -0.3 is 5.73 Å². The third kappa shape index (κ3) is 2.70. The molecule has 0 saturated heterocycles. The lowest BCUT2D eigenvalue weighted by molar-refractivity contribution is 0.394. The lowest BCUT2D eigenvalue weighted by atomic mass is 9.90. The van der Waals surface area contributed by atoms with Crippen LogP contribution in [0.4, 0.5) is 0 Å². The highest BCUT2D eigenvalue weighted by Gasteiger charge is 2.16. The molecule has 1 nitrogen and oxygen atoms in total. The maximum Gasteiger partial charge on any atom is 0.0345 e. The summed E-state index contributed by atoms with van der Waals surface area (Å²) in [5, 5.41) is 3.66. The van der Waals surface area contributed by atoms with Gasteiger partial charge in [-0.25, -0.2) is 0 Å². The van der Waals surface area contributed by atoms with Crippen molar-refractivity contribution in [2.75, 3.05) is 0 Å². The summed E-state index contributed by atoms with van der Waals surface area (Å²) in [6.07, 6.45) is 3.37. The minimum Gasteiger partial charge on any atom is -0.327 e. The molecule has 2 aromatic rings. The van der Waals surface area contributed by atoms with E-state index >= 15 is 0 Å². The summed E-state index contributed by atoms with van der Waals surface area (Å²) in [5.74, 6) is 0.647. The van der Waals surface area contributed by atoms with Gasteiger partial charge in [0.2, 0.25) is 0 Å². The second kappa shape index (κ2) is 5.65. The molecule has 1 heterocycles. The number of hydrogen-bond donors (Lipinski definition) is 1. The quantitative estimate of drug-likeness (QED) is 0.841. The van der Waals surface area contributed by atoms with Crippen molar-refractivity contribution >= 4 is 21.4 Å². The second-order valence-corrected chi connectivity index (χ2v) is 5.61. The first-order valence-electron chi connectivity index (χ1n) is 6.47. The van der Waals surface area contributed by atoms with Crippen molar-refractivity contribution in [3.8, 4) is 0 Å². The van der Waals surface area contributed by atoms with Crippen LogP contribution >= 0.6 is 11.3 Å². The molecule has 2 heteroatoms. The van der Waals surface area contributed by atoms with Crippen LogP contribution in [0.1, 0.15) is 32.3 Å². The van der Waals surface area contributed by atoms with E-state index in [1.54, 1.807) is 0 Å². The molecule has 0 fully saturated rings. The van der Waals surface area contributed by atoms with Crippen LogP contribution in [0.3, 0.4) is 0 Å². The van der Waals surface area contributed by atoms with Gasteiger partial charge in [-0.15, -0.1) is 11.3 Å². The van der Waals surface area contributed by atoms with Gasteiger partial charge in [0.1, 0.15) is 0 Å². The molecule has 0 amide bonds. The molecule has 2 rings (SSSR count). The molecule has 2 N–H and O–H groups in total. The Balaban J connectivity index is 2.18. The van der Waals surface area contributed by atoms with Crippen molar-refractivity contribution in [2.24, 2.45) is 11.7 Å². The molecular formula is C15H21NS. The average Bonchev–Trinajstić information content (AvgIpc) is 2.74.